The summed E-state index contributed by atoms with van der Waals surface area (Å²) in [4.78, 5) is 22.8. The first-order chi connectivity index (χ1) is 10.5. The van der Waals surface area contributed by atoms with Crippen LogP contribution >= 0.6 is 11.6 Å². The largest absolute Gasteiger partial charge is 0.478 e. The van der Waals surface area contributed by atoms with Crippen molar-refractivity contribution in [2.24, 2.45) is 0 Å². The van der Waals surface area contributed by atoms with Gasteiger partial charge in [0.2, 0.25) is 5.91 Å². The molecule has 2 aromatic rings. The third-order valence-electron chi connectivity index (χ3n) is 3.02. The first kappa shape index (κ1) is 16.0. The summed E-state index contributed by atoms with van der Waals surface area (Å²) < 4.78 is 13.0. The van der Waals surface area contributed by atoms with Gasteiger partial charge < -0.3 is 10.4 Å². The van der Waals surface area contributed by atoms with Gasteiger partial charge in [0.05, 0.1) is 16.3 Å². The molecule has 4 nitrogen and oxygen atoms in total. The van der Waals surface area contributed by atoms with Crippen molar-refractivity contribution in [2.75, 3.05) is 5.32 Å². The molecular formula is C16H13ClFNO3. The molecule has 22 heavy (non-hydrogen) atoms. The zero-order chi connectivity index (χ0) is 16.1. The van der Waals surface area contributed by atoms with Crippen molar-refractivity contribution in [3.05, 3.63) is 64.4 Å². The summed E-state index contributed by atoms with van der Waals surface area (Å²) in [5.74, 6) is -1.78. The van der Waals surface area contributed by atoms with E-state index in [1.807, 2.05) is 0 Å². The lowest BCUT2D eigenvalue weighted by atomic mass is 10.1. The Morgan fingerprint density at radius 3 is 2.64 bits per heavy atom. The van der Waals surface area contributed by atoms with Gasteiger partial charge in [0.1, 0.15) is 5.82 Å². The molecule has 0 fully saturated rings. The van der Waals surface area contributed by atoms with Crippen LogP contribution in [0.15, 0.2) is 42.5 Å². The molecule has 0 atom stereocenters. The maximum Gasteiger partial charge on any atom is 0.335 e. The average Bonchev–Trinajstić information content (AvgIpc) is 2.47. The minimum absolute atomic E-state index is 0.0323. The number of benzene rings is 2. The highest BCUT2D eigenvalue weighted by atomic mass is 35.5. The van der Waals surface area contributed by atoms with Crippen LogP contribution in [-0.4, -0.2) is 17.0 Å². The zero-order valence-corrected chi connectivity index (χ0v) is 12.2. The molecule has 0 unspecified atom stereocenters. The summed E-state index contributed by atoms with van der Waals surface area (Å²) in [6.07, 6.45) is 0.511. The first-order valence-electron chi connectivity index (χ1n) is 6.53. The molecule has 0 saturated carbocycles. The van der Waals surface area contributed by atoms with Crippen molar-refractivity contribution in [1.82, 2.24) is 0 Å². The minimum Gasteiger partial charge on any atom is -0.478 e. The minimum atomic E-state index is -1.10. The number of aryl methyl sites for hydroxylation is 1. The first-order valence-corrected chi connectivity index (χ1v) is 6.90. The topological polar surface area (TPSA) is 66.4 Å². The number of carbonyl (C=O) groups excluding carboxylic acids is 1. The number of carbonyl (C=O) groups is 2. The Morgan fingerprint density at radius 1 is 1.18 bits per heavy atom. The Morgan fingerprint density at radius 2 is 1.95 bits per heavy atom. The maximum atomic E-state index is 13.0. The average molecular weight is 322 g/mol. The van der Waals surface area contributed by atoms with E-state index in [4.69, 9.17) is 16.7 Å². The molecule has 0 bridgehead atoms. The van der Waals surface area contributed by atoms with E-state index in [-0.39, 0.29) is 34.4 Å². The predicted molar refractivity (Wildman–Crippen MR) is 81.8 cm³/mol. The molecule has 1 amide bonds. The second-order valence-corrected chi connectivity index (χ2v) is 5.09. The molecule has 2 N–H and O–H groups in total. The second kappa shape index (κ2) is 7.04. The van der Waals surface area contributed by atoms with Crippen LogP contribution in [-0.2, 0) is 11.2 Å². The Kier molecular flexibility index (Phi) is 5.12. The van der Waals surface area contributed by atoms with Crippen molar-refractivity contribution in [3.63, 3.8) is 0 Å². The Hall–Kier alpha value is -2.40. The quantitative estimate of drug-likeness (QED) is 0.881. The fourth-order valence-corrected chi connectivity index (χ4v) is 2.08. The number of halogens is 2. The summed E-state index contributed by atoms with van der Waals surface area (Å²) in [5, 5.41) is 11.7. The van der Waals surface area contributed by atoms with Gasteiger partial charge in [-0.05, 0) is 42.3 Å². The molecule has 2 aromatic carbocycles. The Bertz CT molecular complexity index is 718. The van der Waals surface area contributed by atoms with E-state index in [1.165, 1.54) is 30.3 Å². The highest BCUT2D eigenvalue weighted by Gasteiger charge is 2.10. The van der Waals surface area contributed by atoms with Crippen LogP contribution in [0.25, 0.3) is 0 Å². The lowest BCUT2D eigenvalue weighted by Gasteiger charge is -2.08. The normalized spacial score (nSPS) is 10.3. The summed E-state index contributed by atoms with van der Waals surface area (Å²) in [5.41, 5.74) is 0.983. The van der Waals surface area contributed by atoms with Crippen LogP contribution in [0.2, 0.25) is 5.02 Å². The van der Waals surface area contributed by atoms with Gasteiger partial charge in [-0.1, -0.05) is 23.7 Å². The van der Waals surface area contributed by atoms with Crippen molar-refractivity contribution < 1.29 is 19.1 Å². The molecule has 114 valence electrons. The molecule has 0 aliphatic heterocycles. The van der Waals surface area contributed by atoms with E-state index in [1.54, 1.807) is 12.1 Å². The molecular weight excluding hydrogens is 309 g/mol. The van der Waals surface area contributed by atoms with E-state index in [2.05, 4.69) is 5.32 Å². The molecule has 0 heterocycles. The molecule has 0 aromatic heterocycles. The maximum absolute atomic E-state index is 13.0. The van der Waals surface area contributed by atoms with Crippen molar-refractivity contribution in [1.29, 1.82) is 0 Å². The standard InChI is InChI=1S/C16H13ClFNO3/c17-13-6-5-11(16(21)22)9-14(13)19-15(20)7-4-10-2-1-3-12(18)8-10/h1-3,5-6,8-9H,4,7H2,(H,19,20)(H,21,22). The van der Waals surface area contributed by atoms with Crippen LogP contribution < -0.4 is 5.32 Å². The van der Waals surface area contributed by atoms with Gasteiger partial charge in [-0.25, -0.2) is 9.18 Å². The lowest BCUT2D eigenvalue weighted by Crippen LogP contribution is -2.13. The number of nitrogens with one attached hydrogen (secondary N) is 1. The van der Waals surface area contributed by atoms with E-state index >= 15 is 0 Å². The summed E-state index contributed by atoms with van der Waals surface area (Å²) in [7, 11) is 0. The summed E-state index contributed by atoms with van der Waals surface area (Å²) in [6, 6.07) is 10.1. The number of carboxylic acids is 1. The summed E-state index contributed by atoms with van der Waals surface area (Å²) in [6.45, 7) is 0. The van der Waals surface area contributed by atoms with Crippen LogP contribution in [0.3, 0.4) is 0 Å². The van der Waals surface area contributed by atoms with Gasteiger partial charge >= 0.3 is 5.97 Å². The molecule has 0 radical (unpaired) electrons. The zero-order valence-electron chi connectivity index (χ0n) is 11.5. The van der Waals surface area contributed by atoms with E-state index in [0.717, 1.165) is 0 Å². The lowest BCUT2D eigenvalue weighted by molar-refractivity contribution is -0.116. The number of rotatable bonds is 5. The van der Waals surface area contributed by atoms with Crippen LogP contribution in [0, 0.1) is 5.82 Å². The van der Waals surface area contributed by atoms with Gasteiger partial charge in [-0.3, -0.25) is 4.79 Å². The van der Waals surface area contributed by atoms with Crippen molar-refractivity contribution in [3.8, 4) is 0 Å². The van der Waals surface area contributed by atoms with Crippen molar-refractivity contribution >= 4 is 29.2 Å². The van der Waals surface area contributed by atoms with Gasteiger partial charge in [-0.2, -0.15) is 0 Å². The fourth-order valence-electron chi connectivity index (χ4n) is 1.92. The second-order valence-electron chi connectivity index (χ2n) is 4.68. The SMILES string of the molecule is O=C(CCc1cccc(F)c1)Nc1cc(C(=O)O)ccc1Cl. The Balaban J connectivity index is 2.00. The number of amides is 1. The fraction of sp³-hybridized carbons (Fsp3) is 0.125. The number of hydrogen-bond donors (Lipinski definition) is 2. The van der Waals surface area contributed by atoms with E-state index in [9.17, 15) is 14.0 Å². The molecule has 6 heteroatoms. The van der Waals surface area contributed by atoms with Gasteiger partial charge in [0.15, 0.2) is 0 Å². The molecule has 0 aliphatic carbocycles. The van der Waals surface area contributed by atoms with Gasteiger partial charge in [-0.15, -0.1) is 0 Å². The highest BCUT2D eigenvalue weighted by Crippen LogP contribution is 2.23. The van der Waals surface area contributed by atoms with Gasteiger partial charge in [0.25, 0.3) is 0 Å². The van der Waals surface area contributed by atoms with E-state index < -0.39 is 5.97 Å². The van der Waals surface area contributed by atoms with Crippen molar-refractivity contribution in [2.45, 2.75) is 12.8 Å². The number of anilines is 1. The number of hydrogen-bond acceptors (Lipinski definition) is 2. The third kappa shape index (κ3) is 4.30. The van der Waals surface area contributed by atoms with Crippen LogP contribution in [0.1, 0.15) is 22.3 Å². The molecule has 0 saturated heterocycles. The molecule has 0 spiro atoms. The van der Waals surface area contributed by atoms with Gasteiger partial charge in [0, 0.05) is 6.42 Å². The number of aromatic carboxylic acids is 1. The highest BCUT2D eigenvalue weighted by molar-refractivity contribution is 6.33. The van der Waals surface area contributed by atoms with Crippen LogP contribution in [0.5, 0.6) is 0 Å². The monoisotopic (exact) mass is 321 g/mol. The summed E-state index contributed by atoms with van der Waals surface area (Å²) >= 11 is 5.93. The molecule has 0 aliphatic rings. The Labute approximate surface area is 131 Å². The smallest absolute Gasteiger partial charge is 0.335 e. The number of carboxylic acid groups (broad SMARTS) is 1. The third-order valence-corrected chi connectivity index (χ3v) is 3.35. The molecule has 2 rings (SSSR count). The van der Waals surface area contributed by atoms with Crippen LogP contribution in [0.4, 0.5) is 10.1 Å². The predicted octanol–water partition coefficient (Wildman–Crippen LogP) is 3.75. The van der Waals surface area contributed by atoms with E-state index in [0.29, 0.717) is 12.0 Å².